The van der Waals surface area contributed by atoms with Crippen molar-refractivity contribution in [2.75, 3.05) is 25.6 Å². The van der Waals surface area contributed by atoms with Gasteiger partial charge in [0.2, 0.25) is 0 Å². The molecule has 90 valence electrons. The number of anilines is 1. The van der Waals surface area contributed by atoms with Gasteiger partial charge in [-0.1, -0.05) is 25.0 Å². The summed E-state index contributed by atoms with van der Waals surface area (Å²) in [4.78, 5) is 0. The smallest absolute Gasteiger partial charge is 0.138 e. The fraction of sp³-hybridized carbons (Fsp3) is 0.538. The maximum Gasteiger partial charge on any atom is 0.138 e. The molecule has 0 saturated carbocycles. The number of rotatable bonds is 8. The van der Waals surface area contributed by atoms with Gasteiger partial charge >= 0.3 is 0 Å². The van der Waals surface area contributed by atoms with Gasteiger partial charge < -0.3 is 15.2 Å². The number of hydrogen-bond acceptors (Lipinski definition) is 3. The van der Waals surface area contributed by atoms with Crippen molar-refractivity contribution in [3.8, 4) is 5.75 Å². The highest BCUT2D eigenvalue weighted by molar-refractivity contribution is 5.54. The number of ether oxygens (including phenoxy) is 1. The first-order valence-corrected chi connectivity index (χ1v) is 5.85. The summed E-state index contributed by atoms with van der Waals surface area (Å²) >= 11 is 0. The van der Waals surface area contributed by atoms with E-state index in [1.807, 2.05) is 18.2 Å². The molecule has 0 radical (unpaired) electrons. The number of benzene rings is 1. The molecule has 0 heterocycles. The van der Waals surface area contributed by atoms with E-state index in [0.717, 1.165) is 31.7 Å². The van der Waals surface area contributed by atoms with Gasteiger partial charge in [0.25, 0.3) is 0 Å². The quantitative estimate of drug-likeness (QED) is 0.526. The number of phenolic OH excluding ortho intramolecular Hbond substituents is 1. The monoisotopic (exact) mass is 223 g/mol. The number of unbranched alkanes of at least 4 members (excludes halogenated alkanes) is 3. The predicted molar refractivity (Wildman–Crippen MR) is 66.9 cm³/mol. The molecule has 16 heavy (non-hydrogen) atoms. The van der Waals surface area contributed by atoms with Crippen molar-refractivity contribution in [3.63, 3.8) is 0 Å². The Bertz CT molecular complexity index is 289. The topological polar surface area (TPSA) is 41.5 Å². The Morgan fingerprint density at radius 2 is 1.88 bits per heavy atom. The molecule has 2 N–H and O–H groups in total. The van der Waals surface area contributed by atoms with Crippen molar-refractivity contribution in [2.24, 2.45) is 0 Å². The van der Waals surface area contributed by atoms with E-state index in [0.29, 0.717) is 5.75 Å². The summed E-state index contributed by atoms with van der Waals surface area (Å²) in [5.74, 6) is 0.321. The van der Waals surface area contributed by atoms with E-state index in [1.54, 1.807) is 13.2 Å². The number of methoxy groups -OCH3 is 1. The van der Waals surface area contributed by atoms with Crippen molar-refractivity contribution in [2.45, 2.75) is 25.7 Å². The van der Waals surface area contributed by atoms with E-state index in [9.17, 15) is 5.11 Å². The molecule has 3 heteroatoms. The fourth-order valence-electron chi connectivity index (χ4n) is 1.57. The zero-order chi connectivity index (χ0) is 11.6. The molecule has 0 aliphatic heterocycles. The Morgan fingerprint density at radius 1 is 1.12 bits per heavy atom. The molecule has 0 aliphatic carbocycles. The lowest BCUT2D eigenvalue weighted by atomic mass is 10.2. The van der Waals surface area contributed by atoms with E-state index in [2.05, 4.69) is 5.32 Å². The number of phenols is 1. The molecular formula is C13H21NO2. The van der Waals surface area contributed by atoms with Crippen LogP contribution in [0.3, 0.4) is 0 Å². The zero-order valence-corrected chi connectivity index (χ0v) is 9.91. The summed E-state index contributed by atoms with van der Waals surface area (Å²) in [6.07, 6.45) is 4.66. The van der Waals surface area contributed by atoms with Gasteiger partial charge in [0, 0.05) is 20.3 Å². The molecule has 0 aromatic heterocycles. The van der Waals surface area contributed by atoms with Crippen LogP contribution in [0.15, 0.2) is 24.3 Å². The number of hydrogen-bond donors (Lipinski definition) is 2. The Morgan fingerprint density at radius 3 is 2.62 bits per heavy atom. The van der Waals surface area contributed by atoms with Crippen LogP contribution in [0.5, 0.6) is 5.75 Å². The molecule has 0 spiro atoms. The van der Waals surface area contributed by atoms with Crippen LogP contribution in [-0.4, -0.2) is 25.4 Å². The van der Waals surface area contributed by atoms with Crippen molar-refractivity contribution in [3.05, 3.63) is 24.3 Å². The second kappa shape index (κ2) is 7.99. The summed E-state index contributed by atoms with van der Waals surface area (Å²) in [7, 11) is 1.74. The Hall–Kier alpha value is -1.22. The van der Waals surface area contributed by atoms with E-state index in [4.69, 9.17) is 4.74 Å². The van der Waals surface area contributed by atoms with Crippen molar-refractivity contribution in [1.82, 2.24) is 0 Å². The van der Waals surface area contributed by atoms with Gasteiger partial charge in [0.1, 0.15) is 5.75 Å². The SMILES string of the molecule is COCCCCCCNc1ccccc1O. The minimum absolute atomic E-state index is 0.321. The minimum Gasteiger partial charge on any atom is -0.506 e. The molecule has 0 aliphatic rings. The number of nitrogens with one attached hydrogen (secondary N) is 1. The van der Waals surface area contributed by atoms with E-state index in [1.165, 1.54) is 12.8 Å². The molecule has 0 atom stereocenters. The first kappa shape index (κ1) is 12.8. The van der Waals surface area contributed by atoms with E-state index >= 15 is 0 Å². The third-order valence-corrected chi connectivity index (χ3v) is 2.49. The summed E-state index contributed by atoms with van der Waals surface area (Å²) in [5.41, 5.74) is 0.819. The lowest BCUT2D eigenvalue weighted by Crippen LogP contribution is -2.01. The van der Waals surface area contributed by atoms with Crippen LogP contribution in [0.4, 0.5) is 5.69 Å². The van der Waals surface area contributed by atoms with Crippen molar-refractivity contribution >= 4 is 5.69 Å². The summed E-state index contributed by atoms with van der Waals surface area (Å²) in [5, 5.41) is 12.7. The maximum absolute atomic E-state index is 9.50. The van der Waals surface area contributed by atoms with Crippen LogP contribution >= 0.6 is 0 Å². The van der Waals surface area contributed by atoms with Crippen LogP contribution in [0.1, 0.15) is 25.7 Å². The molecular weight excluding hydrogens is 202 g/mol. The number of para-hydroxylation sites is 2. The molecule has 1 aromatic carbocycles. The van der Waals surface area contributed by atoms with Gasteiger partial charge in [-0.2, -0.15) is 0 Å². The summed E-state index contributed by atoms with van der Waals surface area (Å²) < 4.78 is 4.98. The van der Waals surface area contributed by atoms with Crippen LogP contribution in [0.2, 0.25) is 0 Å². The Balaban J connectivity index is 2.05. The second-order valence-electron chi connectivity index (χ2n) is 3.85. The average Bonchev–Trinajstić information content (AvgIpc) is 2.30. The lowest BCUT2D eigenvalue weighted by Gasteiger charge is -2.07. The zero-order valence-electron chi connectivity index (χ0n) is 9.91. The molecule has 1 rings (SSSR count). The molecule has 0 saturated heterocycles. The molecule has 1 aromatic rings. The van der Waals surface area contributed by atoms with Crippen LogP contribution in [0, 0.1) is 0 Å². The summed E-state index contributed by atoms with van der Waals surface area (Å²) in [6, 6.07) is 7.33. The first-order chi connectivity index (χ1) is 7.84. The van der Waals surface area contributed by atoms with Gasteiger partial charge in [-0.3, -0.25) is 0 Å². The minimum atomic E-state index is 0.321. The van der Waals surface area contributed by atoms with Crippen molar-refractivity contribution < 1.29 is 9.84 Å². The van der Waals surface area contributed by atoms with Crippen LogP contribution in [0.25, 0.3) is 0 Å². The molecule has 0 amide bonds. The highest BCUT2D eigenvalue weighted by atomic mass is 16.5. The standard InChI is InChI=1S/C13H21NO2/c1-16-11-7-3-2-6-10-14-12-8-4-5-9-13(12)15/h4-5,8-9,14-15H,2-3,6-7,10-11H2,1H3. The second-order valence-corrected chi connectivity index (χ2v) is 3.85. The van der Waals surface area contributed by atoms with Crippen molar-refractivity contribution in [1.29, 1.82) is 0 Å². The van der Waals surface area contributed by atoms with Gasteiger partial charge in [0.15, 0.2) is 0 Å². The highest BCUT2D eigenvalue weighted by Gasteiger charge is 1.97. The predicted octanol–water partition coefficient (Wildman–Crippen LogP) is 3.01. The van der Waals surface area contributed by atoms with E-state index in [-0.39, 0.29) is 0 Å². The Kier molecular flexibility index (Phi) is 6.42. The van der Waals surface area contributed by atoms with Crippen LogP contribution < -0.4 is 5.32 Å². The molecule has 0 unspecified atom stereocenters. The fourth-order valence-corrected chi connectivity index (χ4v) is 1.57. The van der Waals surface area contributed by atoms with E-state index < -0.39 is 0 Å². The lowest BCUT2D eigenvalue weighted by molar-refractivity contribution is 0.192. The normalized spacial score (nSPS) is 10.3. The third kappa shape index (κ3) is 5.03. The molecule has 0 fully saturated rings. The van der Waals surface area contributed by atoms with Gasteiger partial charge in [-0.15, -0.1) is 0 Å². The van der Waals surface area contributed by atoms with Gasteiger partial charge in [-0.05, 0) is 25.0 Å². The largest absolute Gasteiger partial charge is 0.506 e. The maximum atomic E-state index is 9.50. The highest BCUT2D eigenvalue weighted by Crippen LogP contribution is 2.21. The summed E-state index contributed by atoms with van der Waals surface area (Å²) in [6.45, 7) is 1.76. The Labute approximate surface area is 97.4 Å². The van der Waals surface area contributed by atoms with Gasteiger partial charge in [0.05, 0.1) is 5.69 Å². The van der Waals surface area contributed by atoms with Crippen LogP contribution in [-0.2, 0) is 4.74 Å². The molecule has 0 bridgehead atoms. The average molecular weight is 223 g/mol. The third-order valence-electron chi connectivity index (χ3n) is 2.49. The first-order valence-electron chi connectivity index (χ1n) is 5.85. The number of aromatic hydroxyl groups is 1. The molecule has 3 nitrogen and oxygen atoms in total. The van der Waals surface area contributed by atoms with Gasteiger partial charge in [-0.25, -0.2) is 0 Å².